The molecule has 0 unspecified atom stereocenters. The molecule has 0 saturated carbocycles. The highest BCUT2D eigenvalue weighted by Gasteiger charge is 2.24. The molecular weight excluding hydrogens is 464 g/mol. The summed E-state index contributed by atoms with van der Waals surface area (Å²) in [5.74, 6) is 0.751. The van der Waals surface area contributed by atoms with Crippen molar-refractivity contribution in [2.75, 3.05) is 37.8 Å². The number of aromatic nitrogens is 2. The number of amides is 1. The predicted molar refractivity (Wildman–Crippen MR) is 138 cm³/mol. The molecule has 0 radical (unpaired) electrons. The average Bonchev–Trinajstić information content (AvgIpc) is 3.50. The summed E-state index contributed by atoms with van der Waals surface area (Å²) in [6, 6.07) is 8.90. The number of carbonyl (C=O) groups is 1. The van der Waals surface area contributed by atoms with Crippen molar-refractivity contribution < 1.29 is 9.21 Å². The molecule has 0 bridgehead atoms. The standard InChI is InChI=1S/C26H31ClN6O2/c1-32(2)25(34)23-22(11-14-35-23)30-24-21(27)16-28-26(31-24)29-19-8-5-17-6-9-20(10-7-18(17)15-19)33-12-3-4-13-33/h5,8,11,14-16,20H,3-4,6-7,9-10,12-13H2,1-2H3,(H2,28,29,30,31)/t20-/m0/s1. The summed E-state index contributed by atoms with van der Waals surface area (Å²) in [7, 11) is 3.34. The lowest BCUT2D eigenvalue weighted by atomic mass is 10.0. The van der Waals surface area contributed by atoms with Gasteiger partial charge in [0.15, 0.2) is 5.82 Å². The molecule has 35 heavy (non-hydrogen) atoms. The van der Waals surface area contributed by atoms with Crippen LogP contribution in [0.1, 0.15) is 47.4 Å². The van der Waals surface area contributed by atoms with E-state index in [1.165, 1.54) is 67.3 Å². The second kappa shape index (κ2) is 10.3. The number of benzene rings is 1. The van der Waals surface area contributed by atoms with Crippen molar-refractivity contribution in [1.29, 1.82) is 0 Å². The van der Waals surface area contributed by atoms with E-state index in [9.17, 15) is 4.79 Å². The predicted octanol–water partition coefficient (Wildman–Crippen LogP) is 5.26. The number of nitrogens with one attached hydrogen (secondary N) is 2. The number of hydrogen-bond donors (Lipinski definition) is 2. The Morgan fingerprint density at radius 3 is 2.66 bits per heavy atom. The van der Waals surface area contributed by atoms with Gasteiger partial charge in [-0.3, -0.25) is 4.79 Å². The van der Waals surface area contributed by atoms with Crippen LogP contribution in [0.15, 0.2) is 41.1 Å². The first kappa shape index (κ1) is 23.6. The third-order valence-electron chi connectivity index (χ3n) is 6.88. The minimum atomic E-state index is -0.252. The Hall–Kier alpha value is -3.10. The number of nitrogens with zero attached hydrogens (tertiary/aromatic N) is 4. The van der Waals surface area contributed by atoms with E-state index in [-0.39, 0.29) is 11.7 Å². The van der Waals surface area contributed by atoms with Gasteiger partial charge in [-0.25, -0.2) is 4.98 Å². The fourth-order valence-corrected chi connectivity index (χ4v) is 5.13. The maximum Gasteiger partial charge on any atom is 0.291 e. The first-order valence-electron chi connectivity index (χ1n) is 12.2. The van der Waals surface area contributed by atoms with E-state index in [0.717, 1.165) is 18.5 Å². The van der Waals surface area contributed by atoms with Gasteiger partial charge < -0.3 is 24.9 Å². The maximum atomic E-state index is 12.4. The Balaban J connectivity index is 1.30. The van der Waals surface area contributed by atoms with E-state index < -0.39 is 0 Å². The Labute approximate surface area is 210 Å². The van der Waals surface area contributed by atoms with Crippen molar-refractivity contribution in [1.82, 2.24) is 19.8 Å². The Kier molecular flexibility index (Phi) is 6.92. The van der Waals surface area contributed by atoms with Crippen LogP contribution in [0.25, 0.3) is 0 Å². The van der Waals surface area contributed by atoms with Crippen LogP contribution in [0.4, 0.5) is 23.1 Å². The van der Waals surface area contributed by atoms with Crippen molar-refractivity contribution in [2.45, 2.75) is 44.6 Å². The Morgan fingerprint density at radius 1 is 1.11 bits per heavy atom. The molecule has 1 amide bonds. The van der Waals surface area contributed by atoms with E-state index in [2.05, 4.69) is 43.7 Å². The van der Waals surface area contributed by atoms with Crippen LogP contribution in [0.2, 0.25) is 5.02 Å². The minimum Gasteiger partial charge on any atom is -0.457 e. The number of likely N-dealkylation sites (tertiary alicyclic amines) is 1. The zero-order chi connectivity index (χ0) is 24.4. The molecule has 3 aromatic rings. The lowest BCUT2D eigenvalue weighted by molar-refractivity contribution is 0.0798. The van der Waals surface area contributed by atoms with E-state index in [1.54, 1.807) is 20.2 Å². The molecule has 2 aromatic heterocycles. The summed E-state index contributed by atoms with van der Waals surface area (Å²) in [6.45, 7) is 2.50. The zero-order valence-corrected chi connectivity index (χ0v) is 20.9. The van der Waals surface area contributed by atoms with Gasteiger partial charge in [0.25, 0.3) is 5.91 Å². The number of hydrogen-bond acceptors (Lipinski definition) is 7. The Bertz CT molecular complexity index is 1200. The van der Waals surface area contributed by atoms with Crippen LogP contribution >= 0.6 is 11.6 Å². The summed E-state index contributed by atoms with van der Waals surface area (Å²) >= 11 is 6.35. The number of fused-ring (bicyclic) bond motifs is 1. The smallest absolute Gasteiger partial charge is 0.291 e. The van der Waals surface area contributed by atoms with Gasteiger partial charge in [0, 0.05) is 31.9 Å². The number of aryl methyl sites for hydroxylation is 2. The van der Waals surface area contributed by atoms with Gasteiger partial charge in [-0.15, -0.1) is 0 Å². The average molecular weight is 495 g/mol. The molecule has 1 aliphatic carbocycles. The normalized spacial score (nSPS) is 18.1. The lowest BCUT2D eigenvalue weighted by Crippen LogP contribution is -2.32. The van der Waals surface area contributed by atoms with Crippen LogP contribution in [-0.4, -0.2) is 58.9 Å². The summed E-state index contributed by atoms with van der Waals surface area (Å²) in [5, 5.41) is 6.76. The van der Waals surface area contributed by atoms with Crippen molar-refractivity contribution >= 4 is 40.6 Å². The van der Waals surface area contributed by atoms with Crippen molar-refractivity contribution in [3.8, 4) is 0 Å². The molecule has 5 rings (SSSR count). The fraction of sp³-hybridized carbons (Fsp3) is 0.423. The SMILES string of the molecule is CN(C)C(=O)c1occc1Nc1nc(Nc2ccc3c(c2)CC[C@@H](N2CCCC2)CC3)ncc1Cl. The second-order valence-electron chi connectivity index (χ2n) is 9.46. The van der Waals surface area contributed by atoms with Crippen LogP contribution in [0.5, 0.6) is 0 Å². The van der Waals surface area contributed by atoms with Gasteiger partial charge in [0.1, 0.15) is 5.02 Å². The highest BCUT2D eigenvalue weighted by atomic mass is 35.5. The van der Waals surface area contributed by atoms with Crippen molar-refractivity contribution in [2.24, 2.45) is 0 Å². The largest absolute Gasteiger partial charge is 0.457 e. The highest BCUT2D eigenvalue weighted by Crippen LogP contribution is 2.30. The highest BCUT2D eigenvalue weighted by molar-refractivity contribution is 6.33. The number of halogens is 1. The minimum absolute atomic E-state index is 0.192. The van der Waals surface area contributed by atoms with Gasteiger partial charge >= 0.3 is 0 Å². The quantitative estimate of drug-likeness (QED) is 0.452. The molecule has 8 nitrogen and oxygen atoms in total. The fourth-order valence-electron chi connectivity index (χ4n) is 4.99. The molecule has 2 aliphatic rings. The first-order chi connectivity index (χ1) is 17.0. The first-order valence-corrected chi connectivity index (χ1v) is 12.6. The summed E-state index contributed by atoms with van der Waals surface area (Å²) in [6.07, 6.45) is 10.3. The lowest BCUT2D eigenvalue weighted by Gasteiger charge is -2.25. The number of furan rings is 1. The number of anilines is 4. The third kappa shape index (κ3) is 5.28. The van der Waals surface area contributed by atoms with E-state index in [4.69, 9.17) is 16.0 Å². The number of rotatable bonds is 6. The molecular formula is C26H31ClN6O2. The van der Waals surface area contributed by atoms with Crippen molar-refractivity contribution in [3.63, 3.8) is 0 Å². The molecule has 9 heteroatoms. The third-order valence-corrected chi connectivity index (χ3v) is 7.15. The van der Waals surface area contributed by atoms with Gasteiger partial charge in [-0.05, 0) is 74.9 Å². The molecule has 1 aromatic carbocycles. The van der Waals surface area contributed by atoms with Crippen LogP contribution in [0.3, 0.4) is 0 Å². The van der Waals surface area contributed by atoms with E-state index >= 15 is 0 Å². The van der Waals surface area contributed by atoms with Crippen molar-refractivity contribution in [3.05, 3.63) is 58.6 Å². The number of carbonyl (C=O) groups excluding carboxylic acids is 1. The second-order valence-corrected chi connectivity index (χ2v) is 9.87. The monoisotopic (exact) mass is 494 g/mol. The van der Waals surface area contributed by atoms with Crippen LogP contribution < -0.4 is 10.6 Å². The molecule has 3 heterocycles. The van der Waals surface area contributed by atoms with Crippen LogP contribution in [0, 0.1) is 0 Å². The summed E-state index contributed by atoms with van der Waals surface area (Å²) in [4.78, 5) is 25.4. The molecule has 1 aliphatic heterocycles. The Morgan fingerprint density at radius 2 is 1.89 bits per heavy atom. The maximum absolute atomic E-state index is 12.4. The summed E-state index contributed by atoms with van der Waals surface area (Å²) in [5.41, 5.74) is 4.28. The van der Waals surface area contributed by atoms with Gasteiger partial charge in [-0.2, -0.15) is 4.98 Å². The topological polar surface area (TPSA) is 86.5 Å². The molecule has 1 atom stereocenters. The molecule has 0 spiro atoms. The van der Waals surface area contributed by atoms with Gasteiger partial charge in [0.2, 0.25) is 11.7 Å². The zero-order valence-electron chi connectivity index (χ0n) is 20.2. The van der Waals surface area contributed by atoms with Gasteiger partial charge in [-0.1, -0.05) is 17.7 Å². The van der Waals surface area contributed by atoms with Gasteiger partial charge in [0.05, 0.1) is 18.1 Å². The van der Waals surface area contributed by atoms with Crippen LogP contribution in [-0.2, 0) is 12.8 Å². The molecule has 1 saturated heterocycles. The molecule has 184 valence electrons. The molecule has 2 N–H and O–H groups in total. The molecule has 1 fully saturated rings. The van der Waals surface area contributed by atoms with E-state index in [0.29, 0.717) is 28.5 Å². The summed E-state index contributed by atoms with van der Waals surface area (Å²) < 4.78 is 5.37. The van der Waals surface area contributed by atoms with E-state index in [1.807, 2.05) is 0 Å².